The van der Waals surface area contributed by atoms with E-state index in [4.69, 9.17) is 4.74 Å². The second kappa shape index (κ2) is 7.17. The number of benzene rings is 1. The Labute approximate surface area is 128 Å². The molecule has 0 amide bonds. The Morgan fingerprint density at radius 3 is 2.67 bits per heavy atom. The van der Waals surface area contributed by atoms with Crippen molar-refractivity contribution in [2.75, 3.05) is 25.1 Å². The van der Waals surface area contributed by atoms with Gasteiger partial charge in [-0.05, 0) is 37.8 Å². The van der Waals surface area contributed by atoms with Gasteiger partial charge in [-0.1, -0.05) is 25.3 Å². The standard InChI is InChI=1S/C18H28N2O/c1-21-18-11-5-10-17(13-18)20-12-6-9-16(14-20)19-15-7-3-2-4-8-15/h5,10-11,13,15-16,19H,2-4,6-9,12,14H2,1H3. The lowest BCUT2D eigenvalue weighted by atomic mass is 9.93. The van der Waals surface area contributed by atoms with Crippen LogP contribution in [0.1, 0.15) is 44.9 Å². The number of ether oxygens (including phenoxy) is 1. The number of rotatable bonds is 4. The molecule has 3 rings (SSSR count). The minimum absolute atomic E-state index is 0.646. The summed E-state index contributed by atoms with van der Waals surface area (Å²) < 4.78 is 5.35. The molecule has 21 heavy (non-hydrogen) atoms. The molecule has 0 aromatic heterocycles. The average molecular weight is 288 g/mol. The van der Waals surface area contributed by atoms with Gasteiger partial charge in [0.1, 0.15) is 5.75 Å². The summed E-state index contributed by atoms with van der Waals surface area (Å²) in [6, 6.07) is 9.87. The maximum Gasteiger partial charge on any atom is 0.120 e. The highest BCUT2D eigenvalue weighted by Gasteiger charge is 2.23. The SMILES string of the molecule is COc1cccc(N2CCCC(NC3CCCCC3)C2)c1. The van der Waals surface area contributed by atoms with Gasteiger partial charge in [-0.2, -0.15) is 0 Å². The van der Waals surface area contributed by atoms with Gasteiger partial charge in [0.05, 0.1) is 7.11 Å². The number of piperidine rings is 1. The molecule has 1 aliphatic heterocycles. The number of nitrogens with zero attached hydrogens (tertiary/aromatic N) is 1. The minimum Gasteiger partial charge on any atom is -0.497 e. The summed E-state index contributed by atoms with van der Waals surface area (Å²) in [5.74, 6) is 0.954. The van der Waals surface area contributed by atoms with Crippen LogP contribution < -0.4 is 15.0 Å². The summed E-state index contributed by atoms with van der Waals surface area (Å²) in [4.78, 5) is 2.51. The number of hydrogen-bond acceptors (Lipinski definition) is 3. The fraction of sp³-hybridized carbons (Fsp3) is 0.667. The highest BCUT2D eigenvalue weighted by Crippen LogP contribution is 2.25. The quantitative estimate of drug-likeness (QED) is 0.916. The van der Waals surface area contributed by atoms with Crippen LogP contribution in [0.2, 0.25) is 0 Å². The zero-order valence-electron chi connectivity index (χ0n) is 13.2. The van der Waals surface area contributed by atoms with Crippen molar-refractivity contribution < 1.29 is 4.74 Å². The van der Waals surface area contributed by atoms with Crippen LogP contribution in [0.3, 0.4) is 0 Å². The van der Waals surface area contributed by atoms with Crippen LogP contribution in [0.25, 0.3) is 0 Å². The molecule has 2 fully saturated rings. The summed E-state index contributed by atoms with van der Waals surface area (Å²) in [7, 11) is 1.74. The Bertz CT molecular complexity index is 443. The minimum atomic E-state index is 0.646. The second-order valence-corrected chi connectivity index (χ2v) is 6.49. The molecule has 1 aromatic rings. The van der Waals surface area contributed by atoms with E-state index in [1.54, 1.807) is 7.11 Å². The van der Waals surface area contributed by atoms with E-state index in [0.29, 0.717) is 6.04 Å². The maximum absolute atomic E-state index is 5.35. The molecule has 1 unspecified atom stereocenters. The highest BCUT2D eigenvalue weighted by molar-refractivity contribution is 5.51. The molecule has 1 saturated carbocycles. The van der Waals surface area contributed by atoms with Crippen molar-refractivity contribution in [1.29, 1.82) is 0 Å². The molecule has 0 bridgehead atoms. The molecule has 0 spiro atoms. The van der Waals surface area contributed by atoms with Gasteiger partial charge < -0.3 is 15.0 Å². The molecule has 0 radical (unpaired) electrons. The van der Waals surface area contributed by atoms with Crippen LogP contribution >= 0.6 is 0 Å². The Morgan fingerprint density at radius 2 is 1.86 bits per heavy atom. The van der Waals surface area contributed by atoms with Gasteiger partial charge in [0.15, 0.2) is 0 Å². The predicted octanol–water partition coefficient (Wildman–Crippen LogP) is 3.59. The summed E-state index contributed by atoms with van der Waals surface area (Å²) in [6.07, 6.45) is 9.58. The van der Waals surface area contributed by atoms with Gasteiger partial charge >= 0.3 is 0 Å². The Balaban J connectivity index is 1.59. The van der Waals surface area contributed by atoms with E-state index >= 15 is 0 Å². The van der Waals surface area contributed by atoms with E-state index in [-0.39, 0.29) is 0 Å². The van der Waals surface area contributed by atoms with E-state index < -0.39 is 0 Å². The summed E-state index contributed by atoms with van der Waals surface area (Å²) in [5, 5.41) is 3.91. The van der Waals surface area contributed by atoms with Crippen molar-refractivity contribution in [3.8, 4) is 5.75 Å². The molecule has 1 saturated heterocycles. The number of hydrogen-bond donors (Lipinski definition) is 1. The fourth-order valence-electron chi connectivity index (χ4n) is 3.76. The molecule has 1 N–H and O–H groups in total. The molecule has 3 nitrogen and oxygen atoms in total. The molecule has 1 atom stereocenters. The van der Waals surface area contributed by atoms with E-state index in [1.165, 1.54) is 50.6 Å². The first-order valence-electron chi connectivity index (χ1n) is 8.50. The molecule has 1 aromatic carbocycles. The molecular weight excluding hydrogens is 260 g/mol. The van der Waals surface area contributed by atoms with Gasteiger partial charge in [-0.15, -0.1) is 0 Å². The van der Waals surface area contributed by atoms with Crippen molar-refractivity contribution in [2.24, 2.45) is 0 Å². The molecule has 1 heterocycles. The average Bonchev–Trinajstić information content (AvgIpc) is 2.56. The zero-order valence-corrected chi connectivity index (χ0v) is 13.2. The molecule has 116 valence electrons. The van der Waals surface area contributed by atoms with Crippen LogP contribution in [0.5, 0.6) is 5.75 Å². The third-order valence-electron chi connectivity index (χ3n) is 4.92. The topological polar surface area (TPSA) is 24.5 Å². The lowest BCUT2D eigenvalue weighted by Gasteiger charge is -2.37. The smallest absolute Gasteiger partial charge is 0.120 e. The normalized spacial score (nSPS) is 24.0. The van der Waals surface area contributed by atoms with Gasteiger partial charge in [0.25, 0.3) is 0 Å². The Hall–Kier alpha value is -1.22. The summed E-state index contributed by atoms with van der Waals surface area (Å²) >= 11 is 0. The first kappa shape index (κ1) is 14.7. The van der Waals surface area contributed by atoms with Crippen molar-refractivity contribution in [3.63, 3.8) is 0 Å². The molecule has 1 aliphatic carbocycles. The van der Waals surface area contributed by atoms with Gasteiger partial charge in [0.2, 0.25) is 0 Å². The zero-order chi connectivity index (χ0) is 14.5. The third-order valence-corrected chi connectivity index (χ3v) is 4.92. The number of nitrogens with one attached hydrogen (secondary N) is 1. The van der Waals surface area contributed by atoms with Gasteiger partial charge in [0, 0.05) is 36.9 Å². The fourth-order valence-corrected chi connectivity index (χ4v) is 3.76. The van der Waals surface area contributed by atoms with Crippen LogP contribution in [0, 0.1) is 0 Å². The van der Waals surface area contributed by atoms with E-state index in [0.717, 1.165) is 24.9 Å². The molecule has 2 aliphatic rings. The third kappa shape index (κ3) is 3.91. The van der Waals surface area contributed by atoms with E-state index in [1.807, 2.05) is 6.07 Å². The Morgan fingerprint density at radius 1 is 1.05 bits per heavy atom. The lowest BCUT2D eigenvalue weighted by Crippen LogP contribution is -2.49. The predicted molar refractivity (Wildman–Crippen MR) is 88.2 cm³/mol. The first-order valence-corrected chi connectivity index (χ1v) is 8.50. The van der Waals surface area contributed by atoms with E-state index in [9.17, 15) is 0 Å². The van der Waals surface area contributed by atoms with Crippen LogP contribution in [-0.4, -0.2) is 32.3 Å². The van der Waals surface area contributed by atoms with Crippen LogP contribution in [0.15, 0.2) is 24.3 Å². The Kier molecular flexibility index (Phi) is 5.02. The van der Waals surface area contributed by atoms with Crippen molar-refractivity contribution in [3.05, 3.63) is 24.3 Å². The first-order chi connectivity index (χ1) is 10.3. The summed E-state index contributed by atoms with van der Waals surface area (Å²) in [6.45, 7) is 2.29. The van der Waals surface area contributed by atoms with Crippen molar-refractivity contribution >= 4 is 5.69 Å². The van der Waals surface area contributed by atoms with Crippen LogP contribution in [-0.2, 0) is 0 Å². The van der Waals surface area contributed by atoms with Crippen molar-refractivity contribution in [2.45, 2.75) is 57.0 Å². The summed E-state index contributed by atoms with van der Waals surface area (Å²) in [5.41, 5.74) is 1.30. The number of anilines is 1. The molecule has 3 heteroatoms. The second-order valence-electron chi connectivity index (χ2n) is 6.49. The van der Waals surface area contributed by atoms with Gasteiger partial charge in [-0.3, -0.25) is 0 Å². The largest absolute Gasteiger partial charge is 0.497 e. The van der Waals surface area contributed by atoms with E-state index in [2.05, 4.69) is 28.4 Å². The van der Waals surface area contributed by atoms with Crippen LogP contribution in [0.4, 0.5) is 5.69 Å². The molecular formula is C18H28N2O. The van der Waals surface area contributed by atoms with Gasteiger partial charge in [-0.25, -0.2) is 0 Å². The highest BCUT2D eigenvalue weighted by atomic mass is 16.5. The monoisotopic (exact) mass is 288 g/mol. The maximum atomic E-state index is 5.35. The lowest BCUT2D eigenvalue weighted by molar-refractivity contribution is 0.312. The van der Waals surface area contributed by atoms with Crippen molar-refractivity contribution in [1.82, 2.24) is 5.32 Å². The number of methoxy groups -OCH3 is 1.